The lowest BCUT2D eigenvalue weighted by atomic mass is 10.4. The van der Waals surface area contributed by atoms with Gasteiger partial charge in [0.1, 0.15) is 5.76 Å². The Morgan fingerprint density at radius 3 is 3.06 bits per heavy atom. The molecule has 1 amide bonds. The van der Waals surface area contributed by atoms with Gasteiger partial charge in [-0.1, -0.05) is 0 Å². The molecule has 0 aliphatic carbocycles. The maximum atomic E-state index is 11.5. The molecule has 0 aliphatic heterocycles. The Bertz CT molecular complexity index is 629. The first-order valence-electron chi connectivity index (χ1n) is 5.23. The van der Waals surface area contributed by atoms with Crippen molar-refractivity contribution in [3.63, 3.8) is 0 Å². The molecule has 0 spiro atoms. The summed E-state index contributed by atoms with van der Waals surface area (Å²) in [6.07, 6.45) is 3.16. The first-order valence-corrected chi connectivity index (χ1v) is 5.23. The van der Waals surface area contributed by atoms with E-state index in [0.29, 0.717) is 5.76 Å². The molecule has 0 saturated heterocycles. The molecule has 2 heterocycles. The smallest absolute Gasteiger partial charge is 0.347 e. The topological polar surface area (TPSA) is 103 Å². The Labute approximate surface area is 102 Å². The minimum atomic E-state index is -0.518. The highest BCUT2D eigenvalue weighted by atomic mass is 16.4. The number of hydrazine groups is 1. The number of aryl methyl sites for hydroxylation is 1. The van der Waals surface area contributed by atoms with Gasteiger partial charge in [-0.25, -0.2) is 15.6 Å². The predicted octanol–water partition coefficient (Wildman–Crippen LogP) is -0.203. The third-order valence-electron chi connectivity index (χ3n) is 2.33. The Morgan fingerprint density at radius 1 is 1.56 bits per heavy atom. The number of nitrogens with zero attached hydrogens (tertiary/aromatic N) is 2. The van der Waals surface area contributed by atoms with Crippen molar-refractivity contribution in [1.29, 1.82) is 0 Å². The van der Waals surface area contributed by atoms with Crippen LogP contribution in [-0.4, -0.2) is 15.5 Å². The maximum Gasteiger partial charge on any atom is 0.347 e. The molecule has 2 aromatic rings. The second kappa shape index (κ2) is 4.84. The minimum Gasteiger partial charge on any atom is -0.454 e. The molecule has 0 atom stereocenters. The van der Waals surface area contributed by atoms with Crippen LogP contribution in [0.5, 0.6) is 0 Å². The van der Waals surface area contributed by atoms with Crippen LogP contribution < -0.4 is 17.0 Å². The van der Waals surface area contributed by atoms with Crippen LogP contribution >= 0.6 is 0 Å². The summed E-state index contributed by atoms with van der Waals surface area (Å²) in [5.41, 5.74) is 2.45. The normalized spacial score (nSPS) is 10.3. The van der Waals surface area contributed by atoms with Crippen LogP contribution in [0, 0.1) is 6.92 Å². The lowest BCUT2D eigenvalue weighted by Crippen LogP contribution is -2.29. The van der Waals surface area contributed by atoms with E-state index < -0.39 is 5.91 Å². The van der Waals surface area contributed by atoms with Crippen LogP contribution in [0.15, 0.2) is 33.7 Å². The number of hydrogen-bond donors (Lipinski definition) is 2. The van der Waals surface area contributed by atoms with Gasteiger partial charge in [0, 0.05) is 12.4 Å². The fraction of sp³-hybridized carbons (Fsp3) is 0.182. The van der Waals surface area contributed by atoms with Gasteiger partial charge in [-0.05, 0) is 24.6 Å². The number of nitrogens with two attached hydrogens (primary N) is 1. The Balaban J connectivity index is 2.24. The molecule has 0 fully saturated rings. The molecule has 7 heteroatoms. The standard InChI is InChI=1S/C11H12N4O3/c1-7-4-13-11(17)15(5-7)6-8-2-3-9(18-8)10(16)14-12/h2-5H,6,12H2,1H3,(H,14,16). The van der Waals surface area contributed by atoms with E-state index in [2.05, 4.69) is 4.98 Å². The van der Waals surface area contributed by atoms with Crippen LogP contribution in [-0.2, 0) is 6.54 Å². The number of rotatable bonds is 3. The van der Waals surface area contributed by atoms with Gasteiger partial charge in [0.15, 0.2) is 5.76 Å². The lowest BCUT2D eigenvalue weighted by Gasteiger charge is -2.02. The van der Waals surface area contributed by atoms with Crippen molar-refractivity contribution in [2.24, 2.45) is 5.84 Å². The molecule has 18 heavy (non-hydrogen) atoms. The number of aromatic nitrogens is 2. The summed E-state index contributed by atoms with van der Waals surface area (Å²) in [7, 11) is 0. The number of furan rings is 1. The number of carbonyl (C=O) groups excluding carboxylic acids is 1. The molecular formula is C11H12N4O3. The molecule has 94 valence electrons. The zero-order valence-electron chi connectivity index (χ0n) is 9.71. The second-order valence-corrected chi connectivity index (χ2v) is 3.78. The highest BCUT2D eigenvalue weighted by Crippen LogP contribution is 2.08. The molecule has 0 saturated carbocycles. The summed E-state index contributed by atoms with van der Waals surface area (Å²) in [6, 6.07) is 3.10. The van der Waals surface area contributed by atoms with Gasteiger partial charge in [0.2, 0.25) is 0 Å². The average molecular weight is 248 g/mol. The highest BCUT2D eigenvalue weighted by molar-refractivity contribution is 5.90. The molecule has 0 aromatic carbocycles. The lowest BCUT2D eigenvalue weighted by molar-refractivity contribution is 0.0924. The van der Waals surface area contributed by atoms with E-state index in [0.717, 1.165) is 5.56 Å². The third-order valence-corrected chi connectivity index (χ3v) is 2.33. The zero-order valence-corrected chi connectivity index (χ0v) is 9.71. The molecule has 7 nitrogen and oxygen atoms in total. The number of hydrogen-bond acceptors (Lipinski definition) is 5. The molecule has 0 bridgehead atoms. The quantitative estimate of drug-likeness (QED) is 0.444. The van der Waals surface area contributed by atoms with Gasteiger partial charge in [0.25, 0.3) is 0 Å². The summed E-state index contributed by atoms with van der Waals surface area (Å²) in [5.74, 6) is 5.04. The number of amides is 1. The Hall–Kier alpha value is -2.41. The van der Waals surface area contributed by atoms with Crippen molar-refractivity contribution in [3.8, 4) is 0 Å². The fourth-order valence-corrected chi connectivity index (χ4v) is 1.50. The van der Waals surface area contributed by atoms with E-state index in [1.165, 1.54) is 16.8 Å². The Kier molecular flexibility index (Phi) is 3.24. The molecule has 0 unspecified atom stereocenters. The molecular weight excluding hydrogens is 236 g/mol. The van der Waals surface area contributed by atoms with Crippen LogP contribution in [0.25, 0.3) is 0 Å². The van der Waals surface area contributed by atoms with Crippen LogP contribution in [0.1, 0.15) is 21.9 Å². The predicted molar refractivity (Wildman–Crippen MR) is 62.7 cm³/mol. The monoisotopic (exact) mass is 248 g/mol. The van der Waals surface area contributed by atoms with Crippen molar-refractivity contribution >= 4 is 5.91 Å². The number of carbonyl (C=O) groups is 1. The van der Waals surface area contributed by atoms with E-state index in [1.807, 2.05) is 12.3 Å². The van der Waals surface area contributed by atoms with Crippen molar-refractivity contribution in [2.45, 2.75) is 13.5 Å². The maximum absolute atomic E-state index is 11.5. The summed E-state index contributed by atoms with van der Waals surface area (Å²) in [5, 5.41) is 0. The van der Waals surface area contributed by atoms with Gasteiger partial charge in [-0.2, -0.15) is 0 Å². The highest BCUT2D eigenvalue weighted by Gasteiger charge is 2.10. The van der Waals surface area contributed by atoms with E-state index in [-0.39, 0.29) is 18.0 Å². The average Bonchev–Trinajstić information content (AvgIpc) is 2.81. The summed E-state index contributed by atoms with van der Waals surface area (Å²) in [6.45, 7) is 2.05. The largest absolute Gasteiger partial charge is 0.454 e. The van der Waals surface area contributed by atoms with E-state index in [4.69, 9.17) is 10.3 Å². The first kappa shape index (κ1) is 12.1. The van der Waals surface area contributed by atoms with Crippen molar-refractivity contribution in [3.05, 3.63) is 52.1 Å². The van der Waals surface area contributed by atoms with Gasteiger partial charge < -0.3 is 4.42 Å². The van der Waals surface area contributed by atoms with Crippen molar-refractivity contribution < 1.29 is 9.21 Å². The molecule has 0 radical (unpaired) electrons. The van der Waals surface area contributed by atoms with Gasteiger partial charge in [-0.3, -0.25) is 14.8 Å². The van der Waals surface area contributed by atoms with Crippen LogP contribution in [0.3, 0.4) is 0 Å². The summed E-state index contributed by atoms with van der Waals surface area (Å²) >= 11 is 0. The molecule has 3 N–H and O–H groups in total. The third kappa shape index (κ3) is 2.46. The summed E-state index contributed by atoms with van der Waals surface area (Å²) in [4.78, 5) is 26.4. The van der Waals surface area contributed by atoms with Crippen LogP contribution in [0.2, 0.25) is 0 Å². The van der Waals surface area contributed by atoms with Crippen molar-refractivity contribution in [1.82, 2.24) is 15.0 Å². The Morgan fingerprint density at radius 2 is 2.33 bits per heavy atom. The van der Waals surface area contributed by atoms with E-state index >= 15 is 0 Å². The molecule has 2 rings (SSSR count). The SMILES string of the molecule is Cc1cnc(=O)n(Cc2ccc(C(=O)NN)o2)c1. The van der Waals surface area contributed by atoms with Gasteiger partial charge in [-0.15, -0.1) is 0 Å². The minimum absolute atomic E-state index is 0.0983. The van der Waals surface area contributed by atoms with Crippen molar-refractivity contribution in [2.75, 3.05) is 0 Å². The zero-order chi connectivity index (χ0) is 13.1. The second-order valence-electron chi connectivity index (χ2n) is 3.78. The van der Waals surface area contributed by atoms with E-state index in [1.54, 1.807) is 12.3 Å². The van der Waals surface area contributed by atoms with Crippen LogP contribution in [0.4, 0.5) is 0 Å². The first-order chi connectivity index (χ1) is 8.60. The molecule has 0 aliphatic rings. The van der Waals surface area contributed by atoms with Gasteiger partial charge in [0.05, 0.1) is 6.54 Å². The van der Waals surface area contributed by atoms with Gasteiger partial charge >= 0.3 is 11.6 Å². The number of nitrogen functional groups attached to an aromatic ring is 1. The fourth-order valence-electron chi connectivity index (χ4n) is 1.50. The number of nitrogens with one attached hydrogen (secondary N) is 1. The summed E-state index contributed by atoms with van der Waals surface area (Å²) < 4.78 is 6.66. The molecule has 2 aromatic heterocycles. The van der Waals surface area contributed by atoms with E-state index in [9.17, 15) is 9.59 Å².